The molecule has 0 aliphatic rings. The molecule has 2 aromatic carbocycles. The number of nitrogens with zero attached hydrogens (tertiary/aromatic N) is 1. The standard InChI is InChI=1S/C24H22N4O2S2/c1-16-7-9-17(10-8-16)23-27-20(15-32-23)11-12-25-24(30)28-19-5-2-4-18(14-19)26-22(29)21-6-3-13-31-21/h2-10,13-15H,11-12H2,1H3,(H,26,29)(H2,25,28,30). The van der Waals surface area contributed by atoms with Gasteiger partial charge in [0.05, 0.1) is 10.6 Å². The molecule has 3 amide bonds. The number of benzene rings is 2. The Labute approximate surface area is 194 Å². The van der Waals surface area contributed by atoms with E-state index in [2.05, 4.69) is 52.1 Å². The maximum Gasteiger partial charge on any atom is 0.319 e. The van der Waals surface area contributed by atoms with Crippen molar-refractivity contribution in [3.63, 3.8) is 0 Å². The van der Waals surface area contributed by atoms with E-state index in [1.54, 1.807) is 41.7 Å². The van der Waals surface area contributed by atoms with Crippen molar-refractivity contribution in [1.29, 1.82) is 0 Å². The topological polar surface area (TPSA) is 83.1 Å². The monoisotopic (exact) mass is 462 g/mol. The van der Waals surface area contributed by atoms with Crippen LogP contribution in [-0.4, -0.2) is 23.5 Å². The van der Waals surface area contributed by atoms with Crippen molar-refractivity contribution < 1.29 is 9.59 Å². The molecule has 162 valence electrons. The second-order valence-corrected chi connectivity index (χ2v) is 8.96. The lowest BCUT2D eigenvalue weighted by Crippen LogP contribution is -2.30. The highest BCUT2D eigenvalue weighted by atomic mass is 32.1. The molecule has 0 bridgehead atoms. The van der Waals surface area contributed by atoms with Crippen LogP contribution in [0.1, 0.15) is 20.9 Å². The number of nitrogens with one attached hydrogen (secondary N) is 3. The largest absolute Gasteiger partial charge is 0.337 e. The Morgan fingerprint density at radius 2 is 1.72 bits per heavy atom. The van der Waals surface area contributed by atoms with E-state index in [-0.39, 0.29) is 11.9 Å². The molecule has 0 aliphatic heterocycles. The van der Waals surface area contributed by atoms with E-state index in [1.165, 1.54) is 16.9 Å². The molecule has 0 fully saturated rings. The van der Waals surface area contributed by atoms with Gasteiger partial charge in [0, 0.05) is 35.3 Å². The van der Waals surface area contributed by atoms with Gasteiger partial charge in [-0.25, -0.2) is 9.78 Å². The third-order valence-electron chi connectivity index (χ3n) is 4.64. The first-order valence-electron chi connectivity index (χ1n) is 10.1. The van der Waals surface area contributed by atoms with Gasteiger partial charge in [-0.1, -0.05) is 42.0 Å². The van der Waals surface area contributed by atoms with E-state index in [4.69, 9.17) is 0 Å². The summed E-state index contributed by atoms with van der Waals surface area (Å²) in [7, 11) is 0. The molecule has 2 heterocycles. The molecule has 0 aliphatic carbocycles. The van der Waals surface area contributed by atoms with E-state index in [0.29, 0.717) is 29.2 Å². The van der Waals surface area contributed by atoms with Crippen LogP contribution in [0.3, 0.4) is 0 Å². The van der Waals surface area contributed by atoms with Gasteiger partial charge in [0.1, 0.15) is 5.01 Å². The fourth-order valence-electron chi connectivity index (χ4n) is 3.01. The van der Waals surface area contributed by atoms with Gasteiger partial charge >= 0.3 is 6.03 Å². The molecule has 0 saturated carbocycles. The number of amides is 3. The van der Waals surface area contributed by atoms with Gasteiger partial charge < -0.3 is 16.0 Å². The number of carbonyl (C=O) groups is 2. The van der Waals surface area contributed by atoms with Crippen LogP contribution in [0.4, 0.5) is 16.2 Å². The fourth-order valence-corrected chi connectivity index (χ4v) is 4.48. The Morgan fingerprint density at radius 1 is 0.938 bits per heavy atom. The van der Waals surface area contributed by atoms with E-state index in [9.17, 15) is 9.59 Å². The fraction of sp³-hybridized carbons (Fsp3) is 0.125. The molecule has 2 aromatic heterocycles. The van der Waals surface area contributed by atoms with Gasteiger partial charge in [-0.3, -0.25) is 4.79 Å². The first-order chi connectivity index (χ1) is 15.6. The number of carbonyl (C=O) groups excluding carboxylic acids is 2. The molecule has 8 heteroatoms. The van der Waals surface area contributed by atoms with Gasteiger partial charge in [0.2, 0.25) is 0 Å². The number of aromatic nitrogens is 1. The first-order valence-corrected chi connectivity index (χ1v) is 11.8. The minimum atomic E-state index is -0.305. The molecule has 4 rings (SSSR count). The predicted molar refractivity (Wildman–Crippen MR) is 132 cm³/mol. The summed E-state index contributed by atoms with van der Waals surface area (Å²) in [5.41, 5.74) is 4.48. The van der Waals surface area contributed by atoms with Crippen molar-refractivity contribution in [2.45, 2.75) is 13.3 Å². The quantitative estimate of drug-likeness (QED) is 0.325. The number of thiazole rings is 1. The molecule has 0 saturated heterocycles. The predicted octanol–water partition coefficient (Wildman–Crippen LogP) is 5.80. The lowest BCUT2D eigenvalue weighted by Gasteiger charge is -2.09. The van der Waals surface area contributed by atoms with Crippen LogP contribution in [-0.2, 0) is 6.42 Å². The van der Waals surface area contributed by atoms with Crippen LogP contribution in [0.2, 0.25) is 0 Å². The van der Waals surface area contributed by atoms with Gasteiger partial charge in [0.25, 0.3) is 5.91 Å². The smallest absolute Gasteiger partial charge is 0.319 e. The molecule has 3 N–H and O–H groups in total. The summed E-state index contributed by atoms with van der Waals surface area (Å²) in [5.74, 6) is -0.171. The average molecular weight is 463 g/mol. The molecular formula is C24H22N4O2S2. The summed E-state index contributed by atoms with van der Waals surface area (Å²) in [6.07, 6.45) is 0.646. The highest BCUT2D eigenvalue weighted by Gasteiger charge is 2.09. The molecule has 0 spiro atoms. The van der Waals surface area contributed by atoms with Crippen LogP contribution in [0.5, 0.6) is 0 Å². The van der Waals surface area contributed by atoms with E-state index < -0.39 is 0 Å². The molecule has 32 heavy (non-hydrogen) atoms. The van der Waals surface area contributed by atoms with Crippen molar-refractivity contribution >= 4 is 46.0 Å². The molecule has 0 radical (unpaired) electrons. The Kier molecular flexibility index (Phi) is 6.94. The number of hydrogen-bond acceptors (Lipinski definition) is 5. The minimum absolute atomic E-state index is 0.171. The van der Waals surface area contributed by atoms with Gasteiger partial charge in [-0.05, 0) is 36.6 Å². The van der Waals surface area contributed by atoms with Crippen LogP contribution in [0.15, 0.2) is 71.4 Å². The van der Waals surface area contributed by atoms with E-state index in [0.717, 1.165) is 16.3 Å². The van der Waals surface area contributed by atoms with Crippen LogP contribution in [0, 0.1) is 6.92 Å². The molecular weight excluding hydrogens is 440 g/mol. The van der Waals surface area contributed by atoms with Crippen molar-refractivity contribution in [1.82, 2.24) is 10.3 Å². The summed E-state index contributed by atoms with van der Waals surface area (Å²) in [6.45, 7) is 2.53. The zero-order chi connectivity index (χ0) is 22.3. The third-order valence-corrected chi connectivity index (χ3v) is 6.45. The zero-order valence-corrected chi connectivity index (χ0v) is 19.1. The number of anilines is 2. The molecule has 4 aromatic rings. The van der Waals surface area contributed by atoms with Crippen LogP contribution >= 0.6 is 22.7 Å². The minimum Gasteiger partial charge on any atom is -0.337 e. The summed E-state index contributed by atoms with van der Waals surface area (Å²) < 4.78 is 0. The molecule has 6 nitrogen and oxygen atoms in total. The SMILES string of the molecule is Cc1ccc(-c2nc(CCNC(=O)Nc3cccc(NC(=O)c4cccs4)c3)cs2)cc1. The lowest BCUT2D eigenvalue weighted by atomic mass is 10.2. The van der Waals surface area contributed by atoms with Crippen molar-refractivity contribution in [2.75, 3.05) is 17.2 Å². The first kappa shape index (κ1) is 21.7. The lowest BCUT2D eigenvalue weighted by molar-refractivity contribution is 0.103. The molecule has 0 atom stereocenters. The maximum atomic E-state index is 12.3. The normalized spacial score (nSPS) is 10.5. The summed E-state index contributed by atoms with van der Waals surface area (Å²) >= 11 is 2.98. The number of rotatable bonds is 7. The van der Waals surface area contributed by atoms with Crippen LogP contribution in [0.25, 0.3) is 10.6 Å². The second kappa shape index (κ2) is 10.2. The van der Waals surface area contributed by atoms with E-state index >= 15 is 0 Å². The number of aryl methyl sites for hydroxylation is 1. The Morgan fingerprint density at radius 3 is 2.47 bits per heavy atom. The Hall–Kier alpha value is -3.49. The maximum absolute atomic E-state index is 12.3. The molecule has 0 unspecified atom stereocenters. The zero-order valence-electron chi connectivity index (χ0n) is 17.4. The Balaban J connectivity index is 1.25. The van der Waals surface area contributed by atoms with Crippen molar-refractivity contribution in [2.24, 2.45) is 0 Å². The average Bonchev–Trinajstić information content (AvgIpc) is 3.47. The number of hydrogen-bond donors (Lipinski definition) is 3. The van der Waals surface area contributed by atoms with Crippen LogP contribution < -0.4 is 16.0 Å². The highest BCUT2D eigenvalue weighted by Crippen LogP contribution is 2.24. The number of thiophene rings is 1. The summed E-state index contributed by atoms with van der Waals surface area (Å²) in [6, 6.07) is 18.6. The number of urea groups is 1. The van der Waals surface area contributed by atoms with E-state index in [1.807, 2.05) is 16.8 Å². The second-order valence-electron chi connectivity index (χ2n) is 7.15. The Bertz CT molecular complexity index is 1200. The van der Waals surface area contributed by atoms with Gasteiger partial charge in [0.15, 0.2) is 0 Å². The van der Waals surface area contributed by atoms with Crippen molar-refractivity contribution in [3.05, 3.63) is 87.6 Å². The summed E-state index contributed by atoms with van der Waals surface area (Å²) in [5, 5.41) is 13.3. The van der Waals surface area contributed by atoms with Crippen molar-refractivity contribution in [3.8, 4) is 10.6 Å². The third kappa shape index (κ3) is 5.81. The summed E-state index contributed by atoms with van der Waals surface area (Å²) in [4.78, 5) is 29.7. The highest BCUT2D eigenvalue weighted by molar-refractivity contribution is 7.13. The van der Waals surface area contributed by atoms with Gasteiger partial charge in [-0.2, -0.15) is 0 Å². The van der Waals surface area contributed by atoms with Gasteiger partial charge in [-0.15, -0.1) is 22.7 Å².